The van der Waals surface area contributed by atoms with Gasteiger partial charge in [0.25, 0.3) is 0 Å². The van der Waals surface area contributed by atoms with Crippen molar-refractivity contribution in [1.82, 2.24) is 24.6 Å². The Morgan fingerprint density at radius 3 is 2.62 bits per heavy atom. The summed E-state index contributed by atoms with van der Waals surface area (Å²) >= 11 is 1.44. The van der Waals surface area contributed by atoms with Gasteiger partial charge in [0.15, 0.2) is 11.0 Å². The molecule has 3 aromatic rings. The van der Waals surface area contributed by atoms with Crippen LogP contribution in [0.2, 0.25) is 0 Å². The van der Waals surface area contributed by atoms with Crippen LogP contribution in [0.25, 0.3) is 11.4 Å². The summed E-state index contributed by atoms with van der Waals surface area (Å²) < 4.78 is 7.30. The number of methoxy groups -OCH3 is 1. The van der Waals surface area contributed by atoms with Crippen molar-refractivity contribution in [2.24, 2.45) is 5.92 Å². The van der Waals surface area contributed by atoms with E-state index in [2.05, 4.69) is 34.2 Å². The average molecular weight is 452 g/mol. The molecule has 0 aliphatic heterocycles. The third-order valence-corrected chi connectivity index (χ3v) is 6.76. The number of carbonyl (C=O) groups excluding carboxylic acids is 1. The van der Waals surface area contributed by atoms with Crippen molar-refractivity contribution >= 4 is 17.7 Å². The zero-order valence-electron chi connectivity index (χ0n) is 18.6. The van der Waals surface area contributed by atoms with Crippen LogP contribution < -0.4 is 0 Å². The van der Waals surface area contributed by atoms with Gasteiger partial charge in [-0.05, 0) is 43.4 Å². The van der Waals surface area contributed by atoms with Crippen LogP contribution in [0.15, 0.2) is 60.0 Å². The summed E-state index contributed by atoms with van der Waals surface area (Å²) in [6.45, 7) is 3.96. The molecule has 1 fully saturated rings. The average Bonchev–Trinajstić information content (AvgIpc) is 3.61. The van der Waals surface area contributed by atoms with Crippen LogP contribution in [0.5, 0.6) is 0 Å². The van der Waals surface area contributed by atoms with Crippen LogP contribution in [-0.2, 0) is 22.6 Å². The first-order chi connectivity index (χ1) is 15.7. The van der Waals surface area contributed by atoms with Crippen molar-refractivity contribution in [3.05, 3.63) is 60.4 Å². The van der Waals surface area contributed by atoms with Gasteiger partial charge in [-0.15, -0.1) is 10.2 Å². The molecule has 4 rings (SSSR count). The third-order valence-electron chi connectivity index (χ3n) is 5.81. The second-order valence-corrected chi connectivity index (χ2v) is 9.00. The summed E-state index contributed by atoms with van der Waals surface area (Å²) in [5.74, 6) is 1.82. The lowest BCUT2D eigenvalue weighted by molar-refractivity contribution is -0.131. The minimum atomic E-state index is 0.130. The summed E-state index contributed by atoms with van der Waals surface area (Å²) in [4.78, 5) is 19.4. The van der Waals surface area contributed by atoms with E-state index < -0.39 is 0 Å². The Labute approximate surface area is 193 Å². The molecule has 168 valence electrons. The van der Waals surface area contributed by atoms with Crippen molar-refractivity contribution in [1.29, 1.82) is 0 Å². The normalized spacial score (nSPS) is 14.3. The molecule has 2 aromatic heterocycles. The summed E-state index contributed by atoms with van der Waals surface area (Å²) in [7, 11) is 1.67. The van der Waals surface area contributed by atoms with E-state index in [0.29, 0.717) is 31.4 Å². The van der Waals surface area contributed by atoms with Gasteiger partial charge >= 0.3 is 0 Å². The Kier molecular flexibility index (Phi) is 7.55. The molecule has 0 bridgehead atoms. The summed E-state index contributed by atoms with van der Waals surface area (Å²) in [5.41, 5.74) is 2.09. The molecule has 2 heterocycles. The highest BCUT2D eigenvalue weighted by Crippen LogP contribution is 2.36. The number of rotatable bonds is 11. The third kappa shape index (κ3) is 5.55. The van der Waals surface area contributed by atoms with Gasteiger partial charge in [-0.25, -0.2) is 0 Å². The first-order valence-corrected chi connectivity index (χ1v) is 11.9. The molecule has 1 saturated carbocycles. The molecule has 1 amide bonds. The van der Waals surface area contributed by atoms with E-state index in [-0.39, 0.29) is 11.9 Å². The molecule has 1 aliphatic carbocycles. The second kappa shape index (κ2) is 10.7. The second-order valence-electron chi connectivity index (χ2n) is 8.06. The quantitative estimate of drug-likeness (QED) is 0.412. The molecule has 0 radical (unpaired) electrons. The Balaban J connectivity index is 1.49. The summed E-state index contributed by atoms with van der Waals surface area (Å²) in [6, 6.07) is 14.3. The lowest BCUT2D eigenvalue weighted by Gasteiger charge is -2.29. The van der Waals surface area contributed by atoms with Gasteiger partial charge in [0, 0.05) is 37.7 Å². The number of ether oxygens (including phenoxy) is 1. The van der Waals surface area contributed by atoms with Crippen LogP contribution in [0, 0.1) is 5.92 Å². The van der Waals surface area contributed by atoms with E-state index in [1.807, 2.05) is 39.8 Å². The molecule has 32 heavy (non-hydrogen) atoms. The number of carbonyl (C=O) groups is 1. The summed E-state index contributed by atoms with van der Waals surface area (Å²) in [6.07, 6.45) is 5.88. The minimum absolute atomic E-state index is 0.130. The number of thioether (sulfide) groups is 1. The number of benzene rings is 1. The zero-order chi connectivity index (χ0) is 22.3. The topological polar surface area (TPSA) is 73.1 Å². The Bertz CT molecular complexity index is 1010. The highest BCUT2D eigenvalue weighted by Gasteiger charge is 2.34. The smallest absolute Gasteiger partial charge is 0.233 e. The fraction of sp³-hybridized carbons (Fsp3) is 0.417. The van der Waals surface area contributed by atoms with E-state index in [4.69, 9.17) is 4.74 Å². The van der Waals surface area contributed by atoms with Crippen LogP contribution in [0.1, 0.15) is 25.3 Å². The molecule has 0 N–H and O–H groups in total. The van der Waals surface area contributed by atoms with Crippen molar-refractivity contribution in [2.75, 3.05) is 19.5 Å². The van der Waals surface area contributed by atoms with Crippen LogP contribution >= 0.6 is 11.8 Å². The Morgan fingerprint density at radius 2 is 1.94 bits per heavy atom. The maximum absolute atomic E-state index is 13.3. The van der Waals surface area contributed by atoms with Crippen LogP contribution in [0.4, 0.5) is 0 Å². The number of hydrogen-bond donors (Lipinski definition) is 0. The molecule has 0 saturated heterocycles. The van der Waals surface area contributed by atoms with Gasteiger partial charge in [0.1, 0.15) is 0 Å². The summed E-state index contributed by atoms with van der Waals surface area (Å²) in [5, 5.41) is 9.49. The molecule has 7 nitrogen and oxygen atoms in total. The molecule has 8 heteroatoms. The van der Waals surface area contributed by atoms with E-state index >= 15 is 0 Å². The highest BCUT2D eigenvalue weighted by molar-refractivity contribution is 7.99. The fourth-order valence-corrected chi connectivity index (χ4v) is 4.63. The zero-order valence-corrected chi connectivity index (χ0v) is 19.4. The van der Waals surface area contributed by atoms with Gasteiger partial charge in [-0.1, -0.05) is 42.1 Å². The number of nitrogens with zero attached hydrogens (tertiary/aromatic N) is 5. The van der Waals surface area contributed by atoms with Crippen molar-refractivity contribution in [3.8, 4) is 11.4 Å². The first-order valence-electron chi connectivity index (χ1n) is 11.0. The number of aromatic nitrogens is 4. The number of amides is 1. The Morgan fingerprint density at radius 1 is 1.19 bits per heavy atom. The predicted molar refractivity (Wildman–Crippen MR) is 125 cm³/mol. The van der Waals surface area contributed by atoms with Crippen molar-refractivity contribution in [3.63, 3.8) is 0 Å². The highest BCUT2D eigenvalue weighted by atomic mass is 32.2. The number of hydrogen-bond acceptors (Lipinski definition) is 6. The minimum Gasteiger partial charge on any atom is -0.383 e. The Hall–Kier alpha value is -2.71. The van der Waals surface area contributed by atoms with Crippen LogP contribution in [0.3, 0.4) is 0 Å². The fourth-order valence-electron chi connectivity index (χ4n) is 3.78. The van der Waals surface area contributed by atoms with E-state index in [9.17, 15) is 4.79 Å². The largest absolute Gasteiger partial charge is 0.383 e. The lowest BCUT2D eigenvalue weighted by atomic mass is 10.1. The van der Waals surface area contributed by atoms with Gasteiger partial charge in [-0.2, -0.15) is 0 Å². The van der Waals surface area contributed by atoms with E-state index in [1.54, 1.807) is 19.5 Å². The standard InChI is InChI=1S/C24H29N5O2S/c1-18(20-8-9-20)29(16-19-6-4-3-5-7-19)22(30)17-32-24-27-26-23(28(24)14-15-31-2)21-10-12-25-13-11-21/h3-7,10-13,18,20H,8-9,14-17H2,1-2H3. The maximum atomic E-state index is 13.3. The van der Waals surface area contributed by atoms with E-state index in [1.165, 1.54) is 24.6 Å². The van der Waals surface area contributed by atoms with Crippen molar-refractivity contribution < 1.29 is 9.53 Å². The first kappa shape index (κ1) is 22.5. The molecular weight excluding hydrogens is 422 g/mol. The molecule has 1 aromatic carbocycles. The molecule has 1 atom stereocenters. The van der Waals surface area contributed by atoms with Gasteiger partial charge in [0.05, 0.1) is 18.9 Å². The molecule has 1 aliphatic rings. The molecule has 0 spiro atoms. The van der Waals surface area contributed by atoms with E-state index in [0.717, 1.165) is 22.1 Å². The van der Waals surface area contributed by atoms with Crippen LogP contribution in [-0.4, -0.2) is 56.1 Å². The maximum Gasteiger partial charge on any atom is 0.233 e. The number of pyridine rings is 1. The SMILES string of the molecule is COCCn1c(SCC(=O)N(Cc2ccccc2)C(C)C2CC2)nnc1-c1ccncc1. The molecule has 1 unspecified atom stereocenters. The molecular formula is C24H29N5O2S. The van der Waals surface area contributed by atoms with Gasteiger partial charge < -0.3 is 9.64 Å². The lowest BCUT2D eigenvalue weighted by Crippen LogP contribution is -2.40. The van der Waals surface area contributed by atoms with Gasteiger partial charge in [0.2, 0.25) is 5.91 Å². The van der Waals surface area contributed by atoms with Gasteiger partial charge in [-0.3, -0.25) is 14.3 Å². The van der Waals surface area contributed by atoms with Crippen molar-refractivity contribution in [2.45, 2.75) is 44.1 Å². The predicted octanol–water partition coefficient (Wildman–Crippen LogP) is 3.91. The monoisotopic (exact) mass is 451 g/mol.